The van der Waals surface area contributed by atoms with Gasteiger partial charge in [-0.05, 0) is 93.1 Å². The number of benzene rings is 3. The predicted molar refractivity (Wildman–Crippen MR) is 214 cm³/mol. The number of amides is 3. The highest BCUT2D eigenvalue weighted by molar-refractivity contribution is 7.93. The average Bonchev–Trinajstić information content (AvgIpc) is 3.40. The maximum atomic E-state index is 13.6. The Morgan fingerprint density at radius 2 is 1.67 bits per heavy atom. The van der Waals surface area contributed by atoms with Crippen molar-refractivity contribution in [1.29, 1.82) is 0 Å². The van der Waals surface area contributed by atoms with E-state index in [9.17, 15) is 40.8 Å². The zero-order valence-corrected chi connectivity index (χ0v) is 33.9. The standard InChI is InChI=1S/C39H42Cl2F3N7O6S/c1-48(26-20-50(21-26)19-23-4-3-5-32-35(23)49(2)38(55)51(32)33-14-15-34(52)46-37(33)54)18-22-6-10-27(11-7-22)58(56,57)47-30-13-9-25(40)17-28(30)36(53)45-31-12-8-24(16-29(31)41)39(42,43)44/h3-5,8-9,12-13,16-17,22,26-27,33,47H,6-7,10-11,14-15,18-21H2,1-2H3,(H,45,53)(H,46,52,54). The molecular formula is C39H42Cl2F3N7O6S. The van der Waals surface area contributed by atoms with Crippen LogP contribution >= 0.6 is 23.2 Å². The van der Waals surface area contributed by atoms with Gasteiger partial charge in [-0.25, -0.2) is 13.2 Å². The van der Waals surface area contributed by atoms with Crippen molar-refractivity contribution < 1.29 is 36.0 Å². The number of piperidine rings is 1. The molecule has 19 heteroatoms. The molecule has 4 aromatic rings. The summed E-state index contributed by atoms with van der Waals surface area (Å²) >= 11 is 12.2. The normalized spacial score (nSPS) is 20.9. The number of aromatic nitrogens is 2. The lowest BCUT2D eigenvalue weighted by Gasteiger charge is -2.45. The molecule has 3 aliphatic rings. The number of carbonyl (C=O) groups is 3. The van der Waals surface area contributed by atoms with Crippen molar-refractivity contribution in [2.45, 2.75) is 68.6 Å². The van der Waals surface area contributed by atoms with E-state index in [1.165, 1.54) is 22.8 Å². The van der Waals surface area contributed by atoms with Crippen molar-refractivity contribution in [3.05, 3.63) is 91.8 Å². The molecule has 3 N–H and O–H groups in total. The number of rotatable bonds is 11. The molecule has 1 saturated carbocycles. The van der Waals surface area contributed by atoms with Crippen molar-refractivity contribution >= 4 is 73.4 Å². The number of nitrogens with one attached hydrogen (secondary N) is 3. The van der Waals surface area contributed by atoms with E-state index in [4.69, 9.17) is 23.2 Å². The second kappa shape index (κ2) is 16.3. The molecule has 0 bridgehead atoms. The van der Waals surface area contributed by atoms with Gasteiger partial charge in [0.2, 0.25) is 21.8 Å². The Bertz CT molecular complexity index is 2440. The molecule has 58 heavy (non-hydrogen) atoms. The van der Waals surface area contributed by atoms with Gasteiger partial charge in [-0.3, -0.25) is 38.5 Å². The average molecular weight is 865 g/mol. The number of hydrogen-bond acceptors (Lipinski definition) is 8. The quantitative estimate of drug-likeness (QED) is 0.155. The van der Waals surface area contributed by atoms with Crippen LogP contribution in [0, 0.1) is 5.92 Å². The lowest BCUT2D eigenvalue weighted by molar-refractivity contribution is -0.138. The fourth-order valence-electron chi connectivity index (χ4n) is 8.26. The maximum absolute atomic E-state index is 13.6. The van der Waals surface area contributed by atoms with Crippen molar-refractivity contribution in [1.82, 2.24) is 24.3 Å². The molecule has 1 atom stereocenters. The number of halogens is 5. The zero-order valence-electron chi connectivity index (χ0n) is 31.6. The molecule has 7 rings (SSSR count). The first kappa shape index (κ1) is 41.7. The summed E-state index contributed by atoms with van der Waals surface area (Å²) in [5, 5.41) is 3.90. The number of para-hydroxylation sites is 1. The number of likely N-dealkylation sites (tertiary alicyclic amines) is 1. The van der Waals surface area contributed by atoms with E-state index >= 15 is 0 Å². The molecule has 1 unspecified atom stereocenters. The van der Waals surface area contributed by atoms with E-state index in [1.54, 1.807) is 11.6 Å². The number of imidazole rings is 1. The van der Waals surface area contributed by atoms with Crippen LogP contribution in [0.25, 0.3) is 11.0 Å². The first-order chi connectivity index (χ1) is 27.4. The van der Waals surface area contributed by atoms with Gasteiger partial charge >= 0.3 is 11.9 Å². The van der Waals surface area contributed by atoms with Gasteiger partial charge in [-0.2, -0.15) is 13.2 Å². The summed E-state index contributed by atoms with van der Waals surface area (Å²) in [7, 11) is -0.174. The number of alkyl halides is 3. The van der Waals surface area contributed by atoms with Crippen LogP contribution in [-0.4, -0.2) is 83.0 Å². The number of anilines is 2. The van der Waals surface area contributed by atoms with Gasteiger partial charge < -0.3 is 10.2 Å². The van der Waals surface area contributed by atoms with Crippen molar-refractivity contribution in [2.24, 2.45) is 13.0 Å². The monoisotopic (exact) mass is 863 g/mol. The third-order valence-corrected chi connectivity index (χ3v) is 13.9. The third kappa shape index (κ3) is 8.64. The molecule has 3 aromatic carbocycles. The number of hydrogen-bond donors (Lipinski definition) is 3. The Kier molecular flexibility index (Phi) is 11.7. The largest absolute Gasteiger partial charge is 0.416 e. The summed E-state index contributed by atoms with van der Waals surface area (Å²) in [5.74, 6) is -1.34. The van der Waals surface area contributed by atoms with Crippen LogP contribution in [0.3, 0.4) is 0 Å². The summed E-state index contributed by atoms with van der Waals surface area (Å²) < 4.78 is 72.1. The molecule has 1 aromatic heterocycles. The van der Waals surface area contributed by atoms with E-state index in [1.807, 2.05) is 18.2 Å². The van der Waals surface area contributed by atoms with Crippen LogP contribution in [0.2, 0.25) is 10.0 Å². The highest BCUT2D eigenvalue weighted by atomic mass is 35.5. The summed E-state index contributed by atoms with van der Waals surface area (Å²) in [4.78, 5) is 55.5. The number of likely N-dealkylation sites (N-methyl/N-ethyl adjacent to an activating group) is 1. The molecule has 3 heterocycles. The van der Waals surface area contributed by atoms with Gasteiger partial charge in [0.1, 0.15) is 6.04 Å². The van der Waals surface area contributed by atoms with Crippen LogP contribution < -0.4 is 21.0 Å². The first-order valence-corrected chi connectivity index (χ1v) is 21.1. The van der Waals surface area contributed by atoms with Crippen LogP contribution in [0.4, 0.5) is 24.5 Å². The fourth-order valence-corrected chi connectivity index (χ4v) is 10.2. The maximum Gasteiger partial charge on any atom is 0.416 e. The number of aryl methyl sites for hydroxylation is 1. The smallest absolute Gasteiger partial charge is 0.321 e. The fraction of sp³-hybridized carbons (Fsp3) is 0.436. The molecule has 310 valence electrons. The van der Waals surface area contributed by atoms with E-state index in [-0.39, 0.29) is 57.3 Å². The summed E-state index contributed by atoms with van der Waals surface area (Å²) in [6.45, 7) is 3.03. The molecule has 1 aliphatic carbocycles. The lowest BCUT2D eigenvalue weighted by atomic mass is 9.88. The van der Waals surface area contributed by atoms with Crippen molar-refractivity contribution in [2.75, 3.05) is 36.7 Å². The van der Waals surface area contributed by atoms with Gasteiger partial charge in [0.15, 0.2) is 0 Å². The molecule has 13 nitrogen and oxygen atoms in total. The third-order valence-electron chi connectivity index (χ3n) is 11.5. The van der Waals surface area contributed by atoms with E-state index in [0.717, 1.165) is 42.8 Å². The Morgan fingerprint density at radius 3 is 2.34 bits per heavy atom. The van der Waals surface area contributed by atoms with E-state index in [2.05, 4.69) is 32.2 Å². The molecule has 0 spiro atoms. The molecule has 3 amide bonds. The molecular weight excluding hydrogens is 822 g/mol. The van der Waals surface area contributed by atoms with Crippen molar-refractivity contribution in [3.8, 4) is 0 Å². The lowest BCUT2D eigenvalue weighted by Crippen LogP contribution is -2.58. The van der Waals surface area contributed by atoms with Crippen LogP contribution in [0.15, 0.2) is 59.4 Å². The van der Waals surface area contributed by atoms with Crippen LogP contribution in [-0.2, 0) is 39.4 Å². The molecule has 2 aliphatic heterocycles. The second-order valence-corrected chi connectivity index (χ2v) is 18.2. The molecule has 2 saturated heterocycles. The second-order valence-electron chi connectivity index (χ2n) is 15.4. The van der Waals surface area contributed by atoms with Gasteiger partial charge in [0, 0.05) is 50.7 Å². The highest BCUT2D eigenvalue weighted by Crippen LogP contribution is 2.36. The minimum atomic E-state index is -4.63. The molecule has 3 fully saturated rings. The summed E-state index contributed by atoms with van der Waals surface area (Å²) in [6, 6.07) is 11.8. The van der Waals surface area contributed by atoms with E-state index < -0.39 is 44.9 Å². The van der Waals surface area contributed by atoms with Gasteiger partial charge in [0.05, 0.1) is 43.8 Å². The Morgan fingerprint density at radius 1 is 0.966 bits per heavy atom. The van der Waals surface area contributed by atoms with Gasteiger partial charge in [-0.1, -0.05) is 35.3 Å². The summed E-state index contributed by atoms with van der Waals surface area (Å²) in [6.07, 6.45) is -1.98. The Balaban J connectivity index is 0.917. The first-order valence-electron chi connectivity index (χ1n) is 18.8. The minimum Gasteiger partial charge on any atom is -0.321 e. The Labute approximate surface area is 342 Å². The van der Waals surface area contributed by atoms with Crippen molar-refractivity contribution in [3.63, 3.8) is 0 Å². The van der Waals surface area contributed by atoms with Gasteiger partial charge in [0.25, 0.3) is 5.91 Å². The topological polar surface area (TPSA) is 155 Å². The number of carbonyl (C=O) groups excluding carboxylic acids is 3. The summed E-state index contributed by atoms with van der Waals surface area (Å²) in [5.41, 5.74) is 0.858. The van der Waals surface area contributed by atoms with Gasteiger partial charge in [-0.15, -0.1) is 0 Å². The predicted octanol–water partition coefficient (Wildman–Crippen LogP) is 6.01. The molecule has 0 radical (unpaired) electrons. The number of nitrogens with zero attached hydrogens (tertiary/aromatic N) is 4. The zero-order chi connectivity index (χ0) is 41.7. The SMILES string of the molecule is CN(CC1CCC(S(=O)(=O)Nc2ccc(Cl)cc2C(=O)Nc2ccc(C(F)(F)F)cc2Cl)CC1)C1CN(Cc2cccc3c2n(C)c(=O)n3C2CCC(=O)NC2=O)C1. The number of sulfonamides is 1. The van der Waals surface area contributed by atoms with E-state index in [0.29, 0.717) is 49.9 Å². The number of imide groups is 1. The number of fused-ring (bicyclic) bond motifs is 1. The van der Waals surface area contributed by atoms with Crippen LogP contribution in [0.1, 0.15) is 66.1 Å². The van der Waals surface area contributed by atoms with Crippen LogP contribution in [0.5, 0.6) is 0 Å². The Hall–Kier alpha value is -4.42. The highest BCUT2D eigenvalue weighted by Gasteiger charge is 2.37. The minimum absolute atomic E-state index is 0.0216.